The van der Waals surface area contributed by atoms with Crippen LogP contribution < -0.4 is 5.32 Å². The molecule has 0 saturated heterocycles. The monoisotopic (exact) mass is 277 g/mol. The Morgan fingerprint density at radius 3 is 2.65 bits per heavy atom. The van der Waals surface area contributed by atoms with Gasteiger partial charge < -0.3 is 15.2 Å². The number of fused-ring (bicyclic) bond motifs is 1. The number of aliphatic carboxylic acids is 1. The molecule has 1 unspecified atom stereocenters. The Morgan fingerprint density at radius 2 is 2.00 bits per heavy atom. The van der Waals surface area contributed by atoms with Gasteiger partial charge in [0.05, 0.1) is 13.2 Å². The first-order chi connectivity index (χ1) is 9.47. The molecule has 108 valence electrons. The molecule has 1 aromatic carbocycles. The van der Waals surface area contributed by atoms with E-state index < -0.39 is 12.0 Å². The van der Waals surface area contributed by atoms with Crippen molar-refractivity contribution in [3.8, 4) is 0 Å². The van der Waals surface area contributed by atoms with E-state index in [1.165, 1.54) is 0 Å². The minimum Gasteiger partial charge on any atom is -0.480 e. The summed E-state index contributed by atoms with van der Waals surface area (Å²) in [5.41, 5.74) is 2.55. The van der Waals surface area contributed by atoms with Gasteiger partial charge >= 0.3 is 5.97 Å². The second kappa shape index (κ2) is 6.05. The molecule has 1 aliphatic heterocycles. The van der Waals surface area contributed by atoms with Gasteiger partial charge in [-0.15, -0.1) is 0 Å². The summed E-state index contributed by atoms with van der Waals surface area (Å²) in [4.78, 5) is 23.3. The minimum atomic E-state index is -1.00. The van der Waals surface area contributed by atoms with Gasteiger partial charge in [-0.1, -0.05) is 19.9 Å². The van der Waals surface area contributed by atoms with Crippen molar-refractivity contribution in [1.82, 2.24) is 5.32 Å². The number of carbonyl (C=O) groups excluding carboxylic acids is 1. The van der Waals surface area contributed by atoms with E-state index >= 15 is 0 Å². The van der Waals surface area contributed by atoms with Crippen LogP contribution in [0.2, 0.25) is 0 Å². The lowest BCUT2D eigenvalue weighted by atomic mass is 10.0. The molecule has 0 fully saturated rings. The highest BCUT2D eigenvalue weighted by Crippen LogP contribution is 2.21. The molecule has 5 heteroatoms. The van der Waals surface area contributed by atoms with Gasteiger partial charge in [-0.25, -0.2) is 4.79 Å². The zero-order valence-electron chi connectivity index (χ0n) is 11.7. The Bertz CT molecular complexity index is 525. The van der Waals surface area contributed by atoms with E-state index in [0.717, 1.165) is 11.1 Å². The van der Waals surface area contributed by atoms with Gasteiger partial charge in [-0.2, -0.15) is 0 Å². The van der Waals surface area contributed by atoms with E-state index in [0.29, 0.717) is 25.2 Å². The van der Waals surface area contributed by atoms with E-state index in [-0.39, 0.29) is 11.8 Å². The molecule has 0 saturated carbocycles. The molecule has 1 amide bonds. The van der Waals surface area contributed by atoms with E-state index in [4.69, 9.17) is 9.84 Å². The Labute approximate surface area is 117 Å². The van der Waals surface area contributed by atoms with Gasteiger partial charge in [-0.05, 0) is 35.6 Å². The molecule has 0 aromatic heterocycles. The topological polar surface area (TPSA) is 75.6 Å². The average molecular weight is 277 g/mol. The van der Waals surface area contributed by atoms with E-state index in [1.54, 1.807) is 12.1 Å². The fourth-order valence-electron chi connectivity index (χ4n) is 2.25. The predicted molar refractivity (Wildman–Crippen MR) is 73.3 cm³/mol. The van der Waals surface area contributed by atoms with E-state index in [9.17, 15) is 9.59 Å². The van der Waals surface area contributed by atoms with Gasteiger partial charge in [0.25, 0.3) is 5.91 Å². The Kier molecular flexibility index (Phi) is 4.39. The summed E-state index contributed by atoms with van der Waals surface area (Å²) in [6.45, 7) is 4.93. The lowest BCUT2D eigenvalue weighted by Crippen LogP contribution is -2.41. The Hall–Kier alpha value is -1.88. The highest BCUT2D eigenvalue weighted by molar-refractivity contribution is 5.96. The summed E-state index contributed by atoms with van der Waals surface area (Å²) in [5.74, 6) is -1.16. The highest BCUT2D eigenvalue weighted by atomic mass is 16.5. The minimum absolute atomic E-state index is 0.199. The van der Waals surface area contributed by atoms with Crippen LogP contribution in [0.1, 0.15) is 41.8 Å². The molecule has 0 spiro atoms. The number of carbonyl (C=O) groups is 2. The fourth-order valence-corrected chi connectivity index (χ4v) is 2.25. The first-order valence-corrected chi connectivity index (χ1v) is 6.70. The summed E-state index contributed by atoms with van der Waals surface area (Å²) in [6.07, 6.45) is 0.412. The molecule has 2 rings (SSSR count). The Balaban J connectivity index is 2.08. The molecular weight excluding hydrogens is 258 g/mol. The van der Waals surface area contributed by atoms with E-state index in [1.807, 2.05) is 19.9 Å². The van der Waals surface area contributed by atoms with Crippen molar-refractivity contribution in [2.45, 2.75) is 39.5 Å². The second-order valence-corrected chi connectivity index (χ2v) is 5.47. The number of nitrogens with one attached hydrogen (secondary N) is 1. The molecule has 0 radical (unpaired) electrons. The Morgan fingerprint density at radius 1 is 1.30 bits per heavy atom. The molecule has 20 heavy (non-hydrogen) atoms. The van der Waals surface area contributed by atoms with Crippen molar-refractivity contribution in [1.29, 1.82) is 0 Å². The van der Waals surface area contributed by atoms with Gasteiger partial charge in [0.15, 0.2) is 0 Å². The van der Waals surface area contributed by atoms with Crippen LogP contribution in [-0.2, 0) is 22.7 Å². The van der Waals surface area contributed by atoms with Crippen LogP contribution in [0, 0.1) is 5.92 Å². The van der Waals surface area contributed by atoms with Crippen LogP contribution >= 0.6 is 0 Å². The van der Waals surface area contributed by atoms with Crippen LogP contribution in [0.15, 0.2) is 18.2 Å². The van der Waals surface area contributed by atoms with Crippen LogP contribution in [0.25, 0.3) is 0 Å². The van der Waals surface area contributed by atoms with Crippen LogP contribution in [0.3, 0.4) is 0 Å². The molecule has 0 bridgehead atoms. The summed E-state index contributed by atoms with van der Waals surface area (Å²) < 4.78 is 5.30. The van der Waals surface area contributed by atoms with E-state index in [2.05, 4.69) is 5.32 Å². The molecule has 0 aliphatic carbocycles. The third kappa shape index (κ3) is 3.36. The normalized spacial score (nSPS) is 14.9. The molecule has 1 aromatic rings. The zero-order chi connectivity index (χ0) is 14.7. The molecule has 1 atom stereocenters. The van der Waals surface area contributed by atoms with Crippen molar-refractivity contribution < 1.29 is 19.4 Å². The van der Waals surface area contributed by atoms with Crippen molar-refractivity contribution in [2.75, 3.05) is 0 Å². The maximum absolute atomic E-state index is 12.1. The SMILES string of the molecule is CC(C)CC(NC(=O)c1ccc2c(c1)COC2)C(=O)O. The third-order valence-corrected chi connectivity index (χ3v) is 3.29. The maximum Gasteiger partial charge on any atom is 0.326 e. The summed E-state index contributed by atoms with van der Waals surface area (Å²) in [6, 6.07) is 4.48. The number of amides is 1. The zero-order valence-corrected chi connectivity index (χ0v) is 11.7. The predicted octanol–water partition coefficient (Wildman–Crippen LogP) is 1.95. The maximum atomic E-state index is 12.1. The molecule has 1 aliphatic rings. The lowest BCUT2D eigenvalue weighted by molar-refractivity contribution is -0.139. The molecular formula is C15H19NO4. The highest BCUT2D eigenvalue weighted by Gasteiger charge is 2.22. The number of benzene rings is 1. The van der Waals surface area contributed by atoms with Crippen LogP contribution in [0.4, 0.5) is 0 Å². The van der Waals surface area contributed by atoms with Crippen molar-refractivity contribution in [3.63, 3.8) is 0 Å². The van der Waals surface area contributed by atoms with Crippen molar-refractivity contribution in [2.24, 2.45) is 5.92 Å². The summed E-state index contributed by atoms with van der Waals surface area (Å²) in [7, 11) is 0. The fraction of sp³-hybridized carbons (Fsp3) is 0.467. The number of rotatable bonds is 5. The van der Waals surface area contributed by atoms with Crippen LogP contribution in [-0.4, -0.2) is 23.0 Å². The first-order valence-electron chi connectivity index (χ1n) is 6.70. The molecule has 2 N–H and O–H groups in total. The molecule has 1 heterocycles. The first kappa shape index (κ1) is 14.5. The number of hydrogen-bond acceptors (Lipinski definition) is 3. The number of carboxylic acid groups (broad SMARTS) is 1. The lowest BCUT2D eigenvalue weighted by Gasteiger charge is -2.16. The standard InChI is InChI=1S/C15H19NO4/c1-9(2)5-13(15(18)19)16-14(17)10-3-4-11-7-20-8-12(11)6-10/h3-4,6,9,13H,5,7-8H2,1-2H3,(H,16,17)(H,18,19). The van der Waals surface area contributed by atoms with Gasteiger partial charge in [0, 0.05) is 5.56 Å². The van der Waals surface area contributed by atoms with Crippen LogP contribution in [0.5, 0.6) is 0 Å². The average Bonchev–Trinajstić information content (AvgIpc) is 2.84. The summed E-state index contributed by atoms with van der Waals surface area (Å²) >= 11 is 0. The quantitative estimate of drug-likeness (QED) is 0.862. The number of carboxylic acids is 1. The largest absolute Gasteiger partial charge is 0.480 e. The van der Waals surface area contributed by atoms with Gasteiger partial charge in [0.1, 0.15) is 6.04 Å². The van der Waals surface area contributed by atoms with Gasteiger partial charge in [-0.3, -0.25) is 4.79 Å². The van der Waals surface area contributed by atoms with Crippen molar-refractivity contribution >= 4 is 11.9 Å². The molecule has 5 nitrogen and oxygen atoms in total. The summed E-state index contributed by atoms with van der Waals surface area (Å²) in [5, 5.41) is 11.7. The number of hydrogen-bond donors (Lipinski definition) is 2. The van der Waals surface area contributed by atoms with Gasteiger partial charge in [0.2, 0.25) is 0 Å². The third-order valence-electron chi connectivity index (χ3n) is 3.29. The number of ether oxygens (including phenoxy) is 1. The second-order valence-electron chi connectivity index (χ2n) is 5.47. The van der Waals surface area contributed by atoms with Crippen molar-refractivity contribution in [3.05, 3.63) is 34.9 Å². The smallest absolute Gasteiger partial charge is 0.326 e.